The number of carboxylic acids is 1. The van der Waals surface area contributed by atoms with E-state index in [4.69, 9.17) is 35.9 Å². The Balaban J connectivity index is 1.55. The van der Waals surface area contributed by atoms with Gasteiger partial charge in [-0.25, -0.2) is 9.78 Å². The number of aliphatic carboxylic acids is 1. The molecule has 48 heavy (non-hydrogen) atoms. The van der Waals surface area contributed by atoms with Crippen molar-refractivity contribution in [3.8, 4) is 28.1 Å². The topological polar surface area (TPSA) is 98.4 Å². The fourth-order valence-electron chi connectivity index (χ4n) is 6.49. The number of benzene rings is 2. The van der Waals surface area contributed by atoms with Crippen molar-refractivity contribution in [3.63, 3.8) is 0 Å². The van der Waals surface area contributed by atoms with Gasteiger partial charge in [0.25, 0.3) is 0 Å². The SMILES string of the molecule is Cc1cc2c(cc1Cl)O[C@@H](C)C/C=C/COC1(C)CCN(CC1)c1c([C@H](OC(C)(C)C)C(=O)O)c(C)nc3cc(nn13)-c1cccc-2c1. The number of nitrogens with zero attached hydrogens (tertiary/aromatic N) is 4. The zero-order valence-corrected chi connectivity index (χ0v) is 29.6. The number of hydrogen-bond acceptors (Lipinski definition) is 7. The van der Waals surface area contributed by atoms with Gasteiger partial charge < -0.3 is 24.2 Å². The molecule has 0 aliphatic carbocycles. The molecular formula is C38H45ClN4O5. The average Bonchev–Trinajstić information content (AvgIpc) is 3.44. The van der Waals surface area contributed by atoms with Crippen LogP contribution in [-0.2, 0) is 14.3 Å². The van der Waals surface area contributed by atoms with Gasteiger partial charge in [-0.3, -0.25) is 0 Å². The molecule has 6 bridgehead atoms. The number of anilines is 1. The lowest BCUT2D eigenvalue weighted by atomic mass is 9.92. The summed E-state index contributed by atoms with van der Waals surface area (Å²) in [5.74, 6) is 0.329. The highest BCUT2D eigenvalue weighted by Gasteiger charge is 2.37. The predicted octanol–water partition coefficient (Wildman–Crippen LogP) is 8.38. The normalized spacial score (nSPS) is 21.5. The van der Waals surface area contributed by atoms with Crippen LogP contribution in [0.25, 0.3) is 28.0 Å². The van der Waals surface area contributed by atoms with Gasteiger partial charge in [-0.1, -0.05) is 42.0 Å². The second-order valence-corrected chi connectivity index (χ2v) is 14.7. The number of aromatic nitrogens is 3. The van der Waals surface area contributed by atoms with E-state index in [0.29, 0.717) is 53.2 Å². The Labute approximate surface area is 287 Å². The first-order chi connectivity index (χ1) is 22.7. The van der Waals surface area contributed by atoms with Crippen molar-refractivity contribution in [2.24, 2.45) is 0 Å². The molecule has 1 saturated heterocycles. The molecule has 5 heterocycles. The largest absolute Gasteiger partial charge is 0.490 e. The lowest BCUT2D eigenvalue weighted by Gasteiger charge is -2.41. The van der Waals surface area contributed by atoms with Crippen LogP contribution in [0, 0.1) is 13.8 Å². The molecule has 2 aromatic heterocycles. The van der Waals surface area contributed by atoms with E-state index in [1.54, 1.807) is 4.52 Å². The monoisotopic (exact) mass is 672 g/mol. The van der Waals surface area contributed by atoms with E-state index < -0.39 is 17.7 Å². The molecule has 10 heteroatoms. The second kappa shape index (κ2) is 13.2. The van der Waals surface area contributed by atoms with Crippen molar-refractivity contribution in [2.75, 3.05) is 24.6 Å². The fraction of sp³-hybridized carbons (Fsp3) is 0.447. The molecule has 0 unspecified atom stereocenters. The molecule has 4 aromatic rings. The minimum absolute atomic E-state index is 0.0800. The maximum atomic E-state index is 12.8. The molecule has 3 aliphatic heterocycles. The molecule has 7 rings (SSSR count). The summed E-state index contributed by atoms with van der Waals surface area (Å²) in [4.78, 5) is 19.9. The molecular weight excluding hydrogens is 628 g/mol. The van der Waals surface area contributed by atoms with E-state index in [2.05, 4.69) is 49.1 Å². The van der Waals surface area contributed by atoms with Gasteiger partial charge >= 0.3 is 5.97 Å². The first-order valence-electron chi connectivity index (χ1n) is 16.6. The lowest BCUT2D eigenvalue weighted by molar-refractivity contribution is -0.160. The van der Waals surface area contributed by atoms with Crippen LogP contribution in [0.4, 0.5) is 5.82 Å². The first kappa shape index (κ1) is 34.0. The summed E-state index contributed by atoms with van der Waals surface area (Å²) in [6.45, 7) is 15.4. The summed E-state index contributed by atoms with van der Waals surface area (Å²) < 4.78 is 20.9. The third-order valence-electron chi connectivity index (χ3n) is 9.10. The van der Waals surface area contributed by atoms with E-state index in [0.717, 1.165) is 47.2 Å². The van der Waals surface area contributed by atoms with Crippen LogP contribution in [0.3, 0.4) is 0 Å². The quantitative estimate of drug-likeness (QED) is 0.217. The lowest BCUT2D eigenvalue weighted by Crippen LogP contribution is -2.45. The van der Waals surface area contributed by atoms with Crippen molar-refractivity contribution in [1.29, 1.82) is 0 Å². The maximum Gasteiger partial charge on any atom is 0.337 e. The Morgan fingerprint density at radius 3 is 2.54 bits per heavy atom. The van der Waals surface area contributed by atoms with E-state index in [1.165, 1.54) is 0 Å². The third-order valence-corrected chi connectivity index (χ3v) is 9.51. The standard InChI is InChI=1S/C38H45ClN4O5/c1-23-19-28-26-12-10-13-27(20-26)30-22-32-40-25(3)33(34(36(44)45)48-37(4,5)6)35(43(32)41-30)42-16-14-38(7,15-17-42)46-18-9-8-11-24(2)47-31(28)21-29(23)39/h8-10,12-13,19-22,24,34H,11,14-18H2,1-7H3,(H,44,45)/b9-8+/t24-,34-/m0/s1. The molecule has 0 saturated carbocycles. The Hall–Kier alpha value is -3.92. The molecule has 3 aliphatic rings. The van der Waals surface area contributed by atoms with Gasteiger partial charge in [0.2, 0.25) is 0 Å². The zero-order valence-electron chi connectivity index (χ0n) is 28.8. The van der Waals surface area contributed by atoms with Gasteiger partial charge in [-0.05, 0) is 90.6 Å². The van der Waals surface area contributed by atoms with E-state index in [-0.39, 0.29) is 11.7 Å². The molecule has 2 aromatic carbocycles. The number of ether oxygens (including phenoxy) is 3. The van der Waals surface area contributed by atoms with Gasteiger partial charge in [0.15, 0.2) is 11.8 Å². The number of carboxylic acid groups (broad SMARTS) is 1. The van der Waals surface area contributed by atoms with Crippen LogP contribution >= 0.6 is 11.6 Å². The summed E-state index contributed by atoms with van der Waals surface area (Å²) in [7, 11) is 0. The van der Waals surface area contributed by atoms with Crippen molar-refractivity contribution in [2.45, 2.75) is 91.1 Å². The fourth-order valence-corrected chi connectivity index (χ4v) is 6.65. The van der Waals surface area contributed by atoms with Gasteiger partial charge in [0, 0.05) is 47.4 Å². The Morgan fingerprint density at radius 2 is 1.83 bits per heavy atom. The predicted molar refractivity (Wildman–Crippen MR) is 189 cm³/mol. The van der Waals surface area contributed by atoms with E-state index in [9.17, 15) is 9.90 Å². The van der Waals surface area contributed by atoms with Crippen LogP contribution in [0.5, 0.6) is 5.75 Å². The number of piperidine rings is 1. The average molecular weight is 673 g/mol. The van der Waals surface area contributed by atoms with Gasteiger partial charge in [0.05, 0.1) is 35.2 Å². The third kappa shape index (κ3) is 7.09. The number of halogens is 1. The number of carbonyl (C=O) groups is 1. The van der Waals surface area contributed by atoms with Crippen LogP contribution in [0.15, 0.2) is 54.6 Å². The van der Waals surface area contributed by atoms with Crippen molar-refractivity contribution in [3.05, 3.63) is 76.5 Å². The van der Waals surface area contributed by atoms with E-state index >= 15 is 0 Å². The number of hydrogen-bond donors (Lipinski definition) is 1. The Morgan fingerprint density at radius 1 is 1.10 bits per heavy atom. The van der Waals surface area contributed by atoms with Gasteiger partial charge in [-0.15, -0.1) is 0 Å². The molecule has 2 atom stereocenters. The second-order valence-electron chi connectivity index (χ2n) is 14.2. The molecule has 1 N–H and O–H groups in total. The number of rotatable bonds is 3. The summed E-state index contributed by atoms with van der Waals surface area (Å²) in [5.41, 5.74) is 5.17. The summed E-state index contributed by atoms with van der Waals surface area (Å²) in [6, 6.07) is 14.1. The minimum Gasteiger partial charge on any atom is -0.490 e. The van der Waals surface area contributed by atoms with Crippen LogP contribution < -0.4 is 9.64 Å². The number of fused-ring (bicyclic) bond motifs is 7. The highest BCUT2D eigenvalue weighted by molar-refractivity contribution is 6.31. The number of aryl methyl sites for hydroxylation is 2. The minimum atomic E-state index is -1.23. The highest BCUT2D eigenvalue weighted by Crippen LogP contribution is 2.40. The summed E-state index contributed by atoms with van der Waals surface area (Å²) >= 11 is 6.59. The van der Waals surface area contributed by atoms with Crippen LogP contribution in [0.1, 0.15) is 76.8 Å². The van der Waals surface area contributed by atoms with Crippen molar-refractivity contribution in [1.82, 2.24) is 14.6 Å². The molecule has 0 radical (unpaired) electrons. The smallest absolute Gasteiger partial charge is 0.337 e. The summed E-state index contributed by atoms with van der Waals surface area (Å²) in [5, 5.41) is 16.2. The summed E-state index contributed by atoms with van der Waals surface area (Å²) in [6.07, 6.45) is 5.09. The molecule has 9 nitrogen and oxygen atoms in total. The van der Waals surface area contributed by atoms with Gasteiger partial charge in [-0.2, -0.15) is 9.61 Å². The zero-order chi connectivity index (χ0) is 34.4. The molecule has 1 fully saturated rings. The first-order valence-corrected chi connectivity index (χ1v) is 17.0. The Kier molecular flexibility index (Phi) is 9.32. The highest BCUT2D eigenvalue weighted by atomic mass is 35.5. The van der Waals surface area contributed by atoms with Crippen molar-refractivity contribution >= 4 is 29.0 Å². The van der Waals surface area contributed by atoms with Gasteiger partial charge in [0.1, 0.15) is 11.6 Å². The molecule has 0 amide bonds. The maximum absolute atomic E-state index is 12.8. The van der Waals surface area contributed by atoms with Crippen molar-refractivity contribution < 1.29 is 24.1 Å². The molecule has 0 spiro atoms. The molecule has 254 valence electrons. The Bertz CT molecular complexity index is 1870. The van der Waals surface area contributed by atoms with Crippen LogP contribution in [-0.4, -0.2) is 62.7 Å². The van der Waals surface area contributed by atoms with Crippen LogP contribution in [0.2, 0.25) is 5.02 Å². The van der Waals surface area contributed by atoms with E-state index in [1.807, 2.05) is 58.9 Å².